The number of hydrogen-bond donors (Lipinski definition) is 3. The largest absolute Gasteiger partial charge is 0.506 e. The number of pyridine rings is 2. The van der Waals surface area contributed by atoms with Crippen molar-refractivity contribution < 1.29 is 19.7 Å². The molecule has 9 nitrogen and oxygen atoms in total. The van der Waals surface area contributed by atoms with Crippen LogP contribution in [0, 0.1) is 0 Å². The quantitative estimate of drug-likeness (QED) is 0.564. The van der Waals surface area contributed by atoms with E-state index in [9.17, 15) is 19.8 Å². The average Bonchev–Trinajstić information content (AvgIpc) is 2.95. The molecular formula is C20H21ClN4O5. The number of imidazole rings is 1. The predicted octanol–water partition coefficient (Wildman–Crippen LogP) is 2.55. The molecule has 158 valence electrons. The number of aromatic carboxylic acids is 1. The lowest BCUT2D eigenvalue weighted by Gasteiger charge is -2.10. The SMILES string of the molecule is CCn1c(COc2ccncc2)nc2c1CCCc1c-2[nH]c(=O)c(C(=O)O)c1O.Cl. The first-order chi connectivity index (χ1) is 14.0. The van der Waals surface area contributed by atoms with Crippen LogP contribution in [0.2, 0.25) is 0 Å². The summed E-state index contributed by atoms with van der Waals surface area (Å²) in [6, 6.07) is 3.50. The van der Waals surface area contributed by atoms with Gasteiger partial charge in [0, 0.05) is 30.2 Å². The first kappa shape index (κ1) is 21.4. The molecule has 0 amide bonds. The molecule has 10 heteroatoms. The average molecular weight is 433 g/mol. The molecule has 1 aliphatic carbocycles. The molecule has 0 radical (unpaired) electrons. The van der Waals surface area contributed by atoms with Gasteiger partial charge in [-0.15, -0.1) is 12.4 Å². The number of aromatic nitrogens is 4. The van der Waals surface area contributed by atoms with Crippen molar-refractivity contribution in [2.24, 2.45) is 0 Å². The Kier molecular flexibility index (Phi) is 6.12. The molecule has 3 heterocycles. The molecular weight excluding hydrogens is 412 g/mol. The fraction of sp³-hybridized carbons (Fsp3) is 0.300. The highest BCUT2D eigenvalue weighted by Crippen LogP contribution is 2.36. The van der Waals surface area contributed by atoms with Crippen LogP contribution in [0.1, 0.15) is 40.8 Å². The van der Waals surface area contributed by atoms with Gasteiger partial charge < -0.3 is 24.5 Å². The zero-order valence-corrected chi connectivity index (χ0v) is 17.0. The summed E-state index contributed by atoms with van der Waals surface area (Å²) in [5.41, 5.74) is 0.783. The van der Waals surface area contributed by atoms with Crippen molar-refractivity contribution >= 4 is 18.4 Å². The number of carbonyl (C=O) groups is 1. The smallest absolute Gasteiger partial charge is 0.345 e. The van der Waals surface area contributed by atoms with Crippen molar-refractivity contribution in [3.8, 4) is 22.9 Å². The van der Waals surface area contributed by atoms with Gasteiger partial charge in [-0.2, -0.15) is 0 Å². The molecule has 0 spiro atoms. The molecule has 0 bridgehead atoms. The third kappa shape index (κ3) is 3.63. The molecule has 0 fully saturated rings. The van der Waals surface area contributed by atoms with Gasteiger partial charge in [-0.3, -0.25) is 9.78 Å². The van der Waals surface area contributed by atoms with Crippen LogP contribution in [-0.2, 0) is 26.0 Å². The topological polar surface area (TPSA) is 130 Å². The Hall–Kier alpha value is -3.33. The number of aromatic hydroxyl groups is 1. The summed E-state index contributed by atoms with van der Waals surface area (Å²) in [4.78, 5) is 34.9. The summed E-state index contributed by atoms with van der Waals surface area (Å²) in [5.74, 6) is -0.588. The summed E-state index contributed by atoms with van der Waals surface area (Å²) in [7, 11) is 0. The van der Waals surface area contributed by atoms with Crippen LogP contribution in [0.4, 0.5) is 0 Å². The lowest BCUT2D eigenvalue weighted by molar-refractivity contribution is 0.0691. The molecule has 0 saturated carbocycles. The molecule has 4 rings (SSSR count). The molecule has 1 aliphatic rings. The number of hydrogen-bond acceptors (Lipinski definition) is 6. The zero-order valence-electron chi connectivity index (χ0n) is 16.2. The lowest BCUT2D eigenvalue weighted by atomic mass is 10.0. The van der Waals surface area contributed by atoms with Gasteiger partial charge in [0.05, 0.1) is 5.69 Å². The Morgan fingerprint density at radius 2 is 2.03 bits per heavy atom. The number of nitrogens with zero attached hydrogens (tertiary/aromatic N) is 3. The zero-order chi connectivity index (χ0) is 20.5. The van der Waals surface area contributed by atoms with Gasteiger partial charge >= 0.3 is 5.97 Å². The monoisotopic (exact) mass is 432 g/mol. The third-order valence-electron chi connectivity index (χ3n) is 5.07. The van der Waals surface area contributed by atoms with E-state index >= 15 is 0 Å². The van der Waals surface area contributed by atoms with E-state index in [1.165, 1.54) is 0 Å². The molecule has 0 atom stereocenters. The maximum Gasteiger partial charge on any atom is 0.345 e. The van der Waals surface area contributed by atoms with Crippen molar-refractivity contribution in [3.63, 3.8) is 0 Å². The van der Waals surface area contributed by atoms with Crippen molar-refractivity contribution in [1.82, 2.24) is 19.5 Å². The van der Waals surface area contributed by atoms with E-state index in [0.717, 1.165) is 5.69 Å². The Bertz CT molecular complexity index is 1140. The van der Waals surface area contributed by atoms with E-state index in [2.05, 4.69) is 15.0 Å². The number of nitrogens with one attached hydrogen (secondary N) is 1. The molecule has 3 aromatic heterocycles. The van der Waals surface area contributed by atoms with Gasteiger partial charge in [-0.05, 0) is 38.3 Å². The van der Waals surface area contributed by atoms with Crippen LogP contribution in [0.15, 0.2) is 29.3 Å². The fourth-order valence-electron chi connectivity index (χ4n) is 3.76. The molecule has 3 N–H and O–H groups in total. The summed E-state index contributed by atoms with van der Waals surface area (Å²) in [6.07, 6.45) is 5.10. The normalized spacial score (nSPS) is 12.3. The van der Waals surface area contributed by atoms with Gasteiger partial charge in [0.25, 0.3) is 5.56 Å². The molecule has 3 aromatic rings. The maximum absolute atomic E-state index is 12.3. The van der Waals surface area contributed by atoms with Crippen molar-refractivity contribution in [1.29, 1.82) is 0 Å². The van der Waals surface area contributed by atoms with Gasteiger partial charge in [0.2, 0.25) is 0 Å². The molecule has 0 unspecified atom stereocenters. The standard InChI is InChI=1S/C20H20N4O5.ClH/c1-2-24-13-5-3-4-12-16(23-19(26)15(18(12)25)20(27)28)17(13)22-14(24)10-29-11-6-8-21-9-7-11;/h6-9H,2-5,10H2,1H3,(H,27,28)(H2,23,25,26);1H. The number of halogens is 1. The van der Waals surface area contributed by atoms with Crippen LogP contribution in [0.5, 0.6) is 11.5 Å². The minimum absolute atomic E-state index is 0. The molecule has 0 aromatic carbocycles. The highest BCUT2D eigenvalue weighted by Gasteiger charge is 2.28. The number of H-pyrrole nitrogens is 1. The predicted molar refractivity (Wildman–Crippen MR) is 110 cm³/mol. The Labute approximate surface area is 177 Å². The number of aromatic amines is 1. The summed E-state index contributed by atoms with van der Waals surface area (Å²) >= 11 is 0. The van der Waals surface area contributed by atoms with E-state index in [0.29, 0.717) is 54.3 Å². The summed E-state index contributed by atoms with van der Waals surface area (Å²) in [6.45, 7) is 2.89. The van der Waals surface area contributed by atoms with E-state index < -0.39 is 22.8 Å². The second-order valence-electron chi connectivity index (χ2n) is 6.73. The Morgan fingerprint density at radius 1 is 1.30 bits per heavy atom. The van der Waals surface area contributed by atoms with Crippen molar-refractivity contribution in [2.75, 3.05) is 0 Å². The van der Waals surface area contributed by atoms with Gasteiger partial charge in [0.15, 0.2) is 5.56 Å². The second kappa shape index (κ2) is 8.58. The highest BCUT2D eigenvalue weighted by molar-refractivity contribution is 5.92. The van der Waals surface area contributed by atoms with Gasteiger partial charge in [0.1, 0.15) is 29.6 Å². The van der Waals surface area contributed by atoms with Crippen LogP contribution in [0.25, 0.3) is 11.4 Å². The second-order valence-corrected chi connectivity index (χ2v) is 6.73. The number of rotatable bonds is 5. The summed E-state index contributed by atoms with van der Waals surface area (Å²) in [5, 5.41) is 19.7. The molecule has 0 saturated heterocycles. The van der Waals surface area contributed by atoms with Crippen LogP contribution < -0.4 is 10.3 Å². The van der Waals surface area contributed by atoms with Crippen LogP contribution >= 0.6 is 12.4 Å². The molecule has 0 aliphatic heterocycles. The minimum atomic E-state index is -1.46. The van der Waals surface area contributed by atoms with E-state index in [1.54, 1.807) is 24.5 Å². The Morgan fingerprint density at radius 3 is 2.70 bits per heavy atom. The first-order valence-corrected chi connectivity index (χ1v) is 9.34. The number of ether oxygens (including phenoxy) is 1. The lowest BCUT2D eigenvalue weighted by Crippen LogP contribution is -2.20. The minimum Gasteiger partial charge on any atom is -0.506 e. The molecule has 30 heavy (non-hydrogen) atoms. The number of fused-ring (bicyclic) bond motifs is 3. The van der Waals surface area contributed by atoms with Gasteiger partial charge in [-0.25, -0.2) is 9.78 Å². The maximum atomic E-state index is 12.3. The fourth-order valence-corrected chi connectivity index (χ4v) is 3.76. The number of carboxylic acids is 1. The van der Waals surface area contributed by atoms with Crippen molar-refractivity contribution in [3.05, 3.63) is 57.5 Å². The Balaban J connectivity index is 0.00000256. The summed E-state index contributed by atoms with van der Waals surface area (Å²) < 4.78 is 7.84. The van der Waals surface area contributed by atoms with Crippen molar-refractivity contribution in [2.45, 2.75) is 39.3 Å². The van der Waals surface area contributed by atoms with Crippen LogP contribution in [-0.4, -0.2) is 35.7 Å². The third-order valence-corrected chi connectivity index (χ3v) is 5.07. The van der Waals surface area contributed by atoms with E-state index in [-0.39, 0.29) is 19.0 Å². The van der Waals surface area contributed by atoms with E-state index in [1.807, 2.05) is 11.5 Å². The van der Waals surface area contributed by atoms with E-state index in [4.69, 9.17) is 4.74 Å². The highest BCUT2D eigenvalue weighted by atomic mass is 35.5. The number of carboxylic acid groups (broad SMARTS) is 1. The van der Waals surface area contributed by atoms with Gasteiger partial charge in [-0.1, -0.05) is 0 Å². The first-order valence-electron chi connectivity index (χ1n) is 9.34. The van der Waals surface area contributed by atoms with Crippen LogP contribution in [0.3, 0.4) is 0 Å².